The van der Waals surface area contributed by atoms with Gasteiger partial charge in [0.05, 0.1) is 6.61 Å². The third-order valence-corrected chi connectivity index (χ3v) is 3.01. The zero-order valence-corrected chi connectivity index (χ0v) is 13.2. The predicted octanol–water partition coefficient (Wildman–Crippen LogP) is 3.43. The lowest BCUT2D eigenvalue weighted by molar-refractivity contribution is -0.143. The number of alkyl carbamates (subject to hydrolysis) is 1. The average Bonchev–Trinajstić information content (AvgIpc) is 2.55. The SMILES string of the molecule is CCCOC(=O)CCCCCNC(=O)OCc1ccccc1. The first kappa shape index (κ1) is 18.0. The molecule has 0 bridgehead atoms. The van der Waals surface area contributed by atoms with Gasteiger partial charge in [-0.05, 0) is 24.8 Å². The van der Waals surface area contributed by atoms with E-state index < -0.39 is 6.09 Å². The highest BCUT2D eigenvalue weighted by molar-refractivity contribution is 5.69. The molecule has 0 heterocycles. The smallest absolute Gasteiger partial charge is 0.407 e. The monoisotopic (exact) mass is 307 g/mol. The van der Waals surface area contributed by atoms with Crippen molar-refractivity contribution in [1.29, 1.82) is 0 Å². The molecule has 1 rings (SSSR count). The maximum Gasteiger partial charge on any atom is 0.407 e. The van der Waals surface area contributed by atoms with Crippen LogP contribution in [0.25, 0.3) is 0 Å². The minimum Gasteiger partial charge on any atom is -0.466 e. The van der Waals surface area contributed by atoms with Crippen LogP contribution < -0.4 is 5.32 Å². The molecule has 0 unspecified atom stereocenters. The standard InChI is InChI=1S/C17H25NO4/c1-2-13-21-16(19)11-7-4-8-12-18-17(20)22-14-15-9-5-3-6-10-15/h3,5-6,9-10H,2,4,7-8,11-14H2,1H3,(H,18,20). The van der Waals surface area contributed by atoms with E-state index >= 15 is 0 Å². The van der Waals surface area contributed by atoms with E-state index in [2.05, 4.69) is 5.32 Å². The fourth-order valence-corrected chi connectivity index (χ4v) is 1.82. The Morgan fingerprint density at radius 2 is 1.82 bits per heavy atom. The molecule has 5 heteroatoms. The second-order valence-corrected chi connectivity index (χ2v) is 5.02. The Hall–Kier alpha value is -2.04. The Bertz CT molecular complexity index is 434. The first-order chi connectivity index (χ1) is 10.7. The molecule has 0 aromatic heterocycles. The number of ether oxygens (including phenoxy) is 2. The third kappa shape index (κ3) is 9.00. The molecular weight excluding hydrogens is 282 g/mol. The highest BCUT2D eigenvalue weighted by atomic mass is 16.5. The summed E-state index contributed by atoms with van der Waals surface area (Å²) in [5.74, 6) is -0.142. The minimum atomic E-state index is -0.411. The van der Waals surface area contributed by atoms with Gasteiger partial charge in [0, 0.05) is 13.0 Å². The summed E-state index contributed by atoms with van der Waals surface area (Å²) >= 11 is 0. The Labute approximate surface area is 132 Å². The number of carbonyl (C=O) groups is 2. The van der Waals surface area contributed by atoms with Gasteiger partial charge < -0.3 is 14.8 Å². The van der Waals surface area contributed by atoms with Crippen molar-refractivity contribution in [2.75, 3.05) is 13.2 Å². The number of rotatable bonds is 10. The lowest BCUT2D eigenvalue weighted by Crippen LogP contribution is -2.25. The summed E-state index contributed by atoms with van der Waals surface area (Å²) in [6.07, 6.45) is 3.36. The molecule has 22 heavy (non-hydrogen) atoms. The normalized spacial score (nSPS) is 10.0. The van der Waals surface area contributed by atoms with E-state index in [1.807, 2.05) is 37.3 Å². The highest BCUT2D eigenvalue weighted by Crippen LogP contribution is 2.02. The van der Waals surface area contributed by atoms with Crippen LogP contribution in [0.2, 0.25) is 0 Å². The zero-order chi connectivity index (χ0) is 16.0. The first-order valence-electron chi connectivity index (χ1n) is 7.82. The summed E-state index contributed by atoms with van der Waals surface area (Å²) in [6, 6.07) is 9.54. The van der Waals surface area contributed by atoms with Gasteiger partial charge >= 0.3 is 12.1 Å². The molecule has 0 fully saturated rings. The fourth-order valence-electron chi connectivity index (χ4n) is 1.82. The summed E-state index contributed by atoms with van der Waals surface area (Å²) < 4.78 is 10.1. The summed E-state index contributed by atoms with van der Waals surface area (Å²) in [5.41, 5.74) is 0.961. The van der Waals surface area contributed by atoms with Crippen molar-refractivity contribution in [3.05, 3.63) is 35.9 Å². The van der Waals surface area contributed by atoms with Crippen molar-refractivity contribution in [2.45, 2.75) is 45.6 Å². The second-order valence-electron chi connectivity index (χ2n) is 5.02. The van der Waals surface area contributed by atoms with Crippen molar-refractivity contribution in [3.8, 4) is 0 Å². The predicted molar refractivity (Wildman–Crippen MR) is 84.3 cm³/mol. The van der Waals surface area contributed by atoms with Gasteiger partial charge in [-0.2, -0.15) is 0 Å². The number of hydrogen-bond donors (Lipinski definition) is 1. The van der Waals surface area contributed by atoms with Gasteiger partial charge in [0.2, 0.25) is 0 Å². The van der Waals surface area contributed by atoms with Crippen molar-refractivity contribution >= 4 is 12.1 Å². The second kappa shape index (κ2) is 11.6. The summed E-state index contributed by atoms with van der Waals surface area (Å²) in [4.78, 5) is 22.7. The van der Waals surface area contributed by atoms with Crippen LogP contribution in [-0.2, 0) is 20.9 Å². The lowest BCUT2D eigenvalue weighted by atomic mass is 10.2. The van der Waals surface area contributed by atoms with E-state index in [0.29, 0.717) is 19.6 Å². The topological polar surface area (TPSA) is 64.6 Å². The van der Waals surface area contributed by atoms with E-state index in [-0.39, 0.29) is 12.6 Å². The van der Waals surface area contributed by atoms with Crippen molar-refractivity contribution in [3.63, 3.8) is 0 Å². The third-order valence-electron chi connectivity index (χ3n) is 3.01. The van der Waals surface area contributed by atoms with E-state index in [9.17, 15) is 9.59 Å². The van der Waals surface area contributed by atoms with Gasteiger partial charge in [0.15, 0.2) is 0 Å². The maximum atomic E-state index is 11.5. The van der Waals surface area contributed by atoms with Gasteiger partial charge in [-0.15, -0.1) is 0 Å². The van der Waals surface area contributed by atoms with Crippen LogP contribution in [0.4, 0.5) is 4.79 Å². The Morgan fingerprint density at radius 3 is 2.55 bits per heavy atom. The molecular formula is C17H25NO4. The summed E-state index contributed by atoms with van der Waals surface area (Å²) in [6.45, 7) is 3.29. The molecule has 0 atom stereocenters. The first-order valence-corrected chi connectivity index (χ1v) is 7.82. The Balaban J connectivity index is 1.96. The van der Waals surface area contributed by atoms with Crippen LogP contribution in [0.1, 0.15) is 44.6 Å². The summed E-state index contributed by atoms with van der Waals surface area (Å²) in [7, 11) is 0. The number of carbonyl (C=O) groups excluding carboxylic acids is 2. The number of benzene rings is 1. The largest absolute Gasteiger partial charge is 0.466 e. The summed E-state index contributed by atoms with van der Waals surface area (Å²) in [5, 5.41) is 2.70. The number of esters is 1. The lowest BCUT2D eigenvalue weighted by Gasteiger charge is -2.07. The van der Waals surface area contributed by atoms with Crippen LogP contribution in [0.15, 0.2) is 30.3 Å². The molecule has 0 aliphatic heterocycles. The minimum absolute atomic E-state index is 0.142. The van der Waals surface area contributed by atoms with Gasteiger partial charge in [-0.25, -0.2) is 4.79 Å². The maximum absolute atomic E-state index is 11.5. The van der Waals surface area contributed by atoms with Crippen molar-refractivity contribution in [1.82, 2.24) is 5.32 Å². The fraction of sp³-hybridized carbons (Fsp3) is 0.529. The van der Waals surface area contributed by atoms with Gasteiger partial charge in [0.1, 0.15) is 6.61 Å². The molecule has 122 valence electrons. The van der Waals surface area contributed by atoms with Gasteiger partial charge in [-0.3, -0.25) is 4.79 Å². The highest BCUT2D eigenvalue weighted by Gasteiger charge is 2.03. The number of unbranched alkanes of at least 4 members (excludes halogenated alkanes) is 2. The number of amides is 1. The molecule has 0 radical (unpaired) electrons. The molecule has 1 aromatic carbocycles. The van der Waals surface area contributed by atoms with Gasteiger partial charge in [-0.1, -0.05) is 43.7 Å². The molecule has 0 saturated heterocycles. The van der Waals surface area contributed by atoms with Crippen LogP contribution in [0.5, 0.6) is 0 Å². The molecule has 1 amide bonds. The number of nitrogens with one attached hydrogen (secondary N) is 1. The molecule has 1 aromatic rings. The van der Waals surface area contributed by atoms with Crippen LogP contribution in [0.3, 0.4) is 0 Å². The Kier molecular flexibility index (Phi) is 9.50. The molecule has 0 spiro atoms. The average molecular weight is 307 g/mol. The number of hydrogen-bond acceptors (Lipinski definition) is 4. The molecule has 1 N–H and O–H groups in total. The molecule has 5 nitrogen and oxygen atoms in total. The van der Waals surface area contributed by atoms with E-state index in [0.717, 1.165) is 31.2 Å². The van der Waals surface area contributed by atoms with E-state index in [1.165, 1.54) is 0 Å². The van der Waals surface area contributed by atoms with E-state index in [4.69, 9.17) is 9.47 Å². The van der Waals surface area contributed by atoms with Crippen LogP contribution >= 0.6 is 0 Å². The van der Waals surface area contributed by atoms with Crippen molar-refractivity contribution < 1.29 is 19.1 Å². The van der Waals surface area contributed by atoms with Crippen LogP contribution in [0, 0.1) is 0 Å². The molecule has 0 saturated carbocycles. The molecule has 0 aliphatic carbocycles. The zero-order valence-electron chi connectivity index (χ0n) is 13.2. The van der Waals surface area contributed by atoms with Crippen LogP contribution in [-0.4, -0.2) is 25.2 Å². The van der Waals surface area contributed by atoms with E-state index in [1.54, 1.807) is 0 Å². The van der Waals surface area contributed by atoms with Gasteiger partial charge in [0.25, 0.3) is 0 Å². The Morgan fingerprint density at radius 1 is 1.05 bits per heavy atom. The quantitative estimate of drug-likeness (QED) is 0.531. The van der Waals surface area contributed by atoms with Crippen molar-refractivity contribution in [2.24, 2.45) is 0 Å². The molecule has 0 aliphatic rings.